The average Bonchev–Trinajstić information content (AvgIpc) is 2.63. The molecule has 0 amide bonds. The highest BCUT2D eigenvalue weighted by atomic mass is 32.2. The van der Waals surface area contributed by atoms with Crippen LogP contribution in [0.2, 0.25) is 0 Å². The molecule has 0 aliphatic rings. The maximum Gasteiger partial charge on any atom is 0.304 e. The molecule has 108 valence electrons. The van der Waals surface area contributed by atoms with E-state index in [0.717, 1.165) is 4.31 Å². The predicted molar refractivity (Wildman–Crippen MR) is 66.6 cm³/mol. The molecule has 1 rings (SSSR count). The van der Waals surface area contributed by atoms with Gasteiger partial charge in [-0.05, 0) is 13.8 Å². The summed E-state index contributed by atoms with van der Waals surface area (Å²) in [5.74, 6) is -0.499. The highest BCUT2D eigenvalue weighted by Gasteiger charge is 2.19. The molecule has 0 spiro atoms. The van der Waals surface area contributed by atoms with Gasteiger partial charge in [0.25, 0.3) is 10.2 Å². The average molecular weight is 291 g/mol. The van der Waals surface area contributed by atoms with E-state index >= 15 is 0 Å². The lowest BCUT2D eigenvalue weighted by Gasteiger charge is -2.16. The Kier molecular flexibility index (Phi) is 5.04. The van der Waals surface area contributed by atoms with Crippen LogP contribution in [0.4, 0.5) is 0 Å². The van der Waals surface area contributed by atoms with Crippen LogP contribution in [0.15, 0.2) is 4.52 Å². The Bertz CT molecular complexity index is 532. The molecule has 1 heterocycles. The standard InChI is InChI=1S/C10H17N3O5S/c1-7-9(8(2)18-12-7)6-11-19(16,17)13(3)5-4-10(14)15/h11H,4-6H2,1-3H3,(H,14,15). The molecule has 0 radical (unpaired) electrons. The first-order chi connectivity index (χ1) is 8.74. The molecule has 1 aromatic rings. The molecular formula is C10H17N3O5S. The fraction of sp³-hybridized carbons (Fsp3) is 0.600. The quantitative estimate of drug-likeness (QED) is 0.733. The minimum absolute atomic E-state index is 0.0565. The lowest BCUT2D eigenvalue weighted by Crippen LogP contribution is -2.39. The SMILES string of the molecule is Cc1noc(C)c1CNS(=O)(=O)N(C)CCC(=O)O. The molecule has 0 aromatic carbocycles. The molecule has 19 heavy (non-hydrogen) atoms. The van der Waals surface area contributed by atoms with Crippen LogP contribution in [0.25, 0.3) is 0 Å². The number of carbonyl (C=O) groups is 1. The molecule has 0 atom stereocenters. The normalized spacial score (nSPS) is 12.0. The third-order valence-electron chi connectivity index (χ3n) is 2.66. The van der Waals surface area contributed by atoms with Gasteiger partial charge in [-0.3, -0.25) is 4.79 Å². The molecule has 9 heteroatoms. The highest BCUT2D eigenvalue weighted by molar-refractivity contribution is 7.87. The summed E-state index contributed by atoms with van der Waals surface area (Å²) in [5, 5.41) is 12.2. The Hall–Kier alpha value is -1.45. The summed E-state index contributed by atoms with van der Waals surface area (Å²) in [6.07, 6.45) is -0.247. The van der Waals surface area contributed by atoms with Crippen LogP contribution in [0.3, 0.4) is 0 Å². The van der Waals surface area contributed by atoms with Crippen LogP contribution in [-0.2, 0) is 21.5 Å². The van der Waals surface area contributed by atoms with Crippen molar-refractivity contribution in [3.05, 3.63) is 17.0 Å². The van der Waals surface area contributed by atoms with E-state index in [9.17, 15) is 13.2 Å². The second-order valence-corrected chi connectivity index (χ2v) is 5.96. The number of aryl methyl sites for hydroxylation is 2. The van der Waals surface area contributed by atoms with Crippen molar-refractivity contribution < 1.29 is 22.8 Å². The first-order valence-electron chi connectivity index (χ1n) is 5.58. The van der Waals surface area contributed by atoms with Crippen molar-refractivity contribution in [3.8, 4) is 0 Å². The zero-order valence-electron chi connectivity index (χ0n) is 11.0. The van der Waals surface area contributed by atoms with Gasteiger partial charge in [0.1, 0.15) is 5.76 Å². The molecule has 8 nitrogen and oxygen atoms in total. The van der Waals surface area contributed by atoms with Gasteiger partial charge in [-0.1, -0.05) is 5.16 Å². The number of nitrogens with one attached hydrogen (secondary N) is 1. The van der Waals surface area contributed by atoms with Gasteiger partial charge in [0.05, 0.1) is 12.1 Å². The van der Waals surface area contributed by atoms with Crippen molar-refractivity contribution >= 4 is 16.2 Å². The number of hydrogen-bond donors (Lipinski definition) is 2. The van der Waals surface area contributed by atoms with E-state index in [4.69, 9.17) is 9.63 Å². The van der Waals surface area contributed by atoms with Crippen LogP contribution in [-0.4, -0.2) is 42.5 Å². The molecule has 0 bridgehead atoms. The summed E-state index contributed by atoms with van der Waals surface area (Å²) in [6, 6.07) is 0. The largest absolute Gasteiger partial charge is 0.481 e. The van der Waals surface area contributed by atoms with Gasteiger partial charge in [-0.25, -0.2) is 0 Å². The lowest BCUT2D eigenvalue weighted by atomic mass is 10.2. The minimum Gasteiger partial charge on any atom is -0.481 e. The molecule has 1 aromatic heterocycles. The number of carboxylic acid groups (broad SMARTS) is 1. The van der Waals surface area contributed by atoms with E-state index in [0.29, 0.717) is 17.0 Å². The van der Waals surface area contributed by atoms with Crippen molar-refractivity contribution in [3.63, 3.8) is 0 Å². The zero-order valence-corrected chi connectivity index (χ0v) is 11.8. The summed E-state index contributed by atoms with van der Waals surface area (Å²) in [6.45, 7) is 3.37. The van der Waals surface area contributed by atoms with Crippen molar-refractivity contribution in [1.82, 2.24) is 14.2 Å². The number of carboxylic acids is 1. The summed E-state index contributed by atoms with van der Waals surface area (Å²) >= 11 is 0. The van der Waals surface area contributed by atoms with E-state index in [-0.39, 0.29) is 19.5 Å². The molecule has 0 aliphatic carbocycles. The number of rotatable bonds is 7. The third-order valence-corrected chi connectivity index (χ3v) is 4.18. The molecule has 0 unspecified atom stereocenters. The van der Waals surface area contributed by atoms with Crippen LogP contribution < -0.4 is 4.72 Å². The number of hydrogen-bond acceptors (Lipinski definition) is 5. The Morgan fingerprint density at radius 2 is 2.11 bits per heavy atom. The van der Waals surface area contributed by atoms with Gasteiger partial charge in [0.15, 0.2) is 0 Å². The van der Waals surface area contributed by atoms with Crippen LogP contribution in [0.5, 0.6) is 0 Å². The van der Waals surface area contributed by atoms with Crippen molar-refractivity contribution in [1.29, 1.82) is 0 Å². The summed E-state index contributed by atoms with van der Waals surface area (Å²) in [4.78, 5) is 10.4. The topological polar surface area (TPSA) is 113 Å². The van der Waals surface area contributed by atoms with Gasteiger partial charge >= 0.3 is 5.97 Å². The van der Waals surface area contributed by atoms with Gasteiger partial charge in [-0.2, -0.15) is 17.4 Å². The van der Waals surface area contributed by atoms with E-state index in [1.807, 2.05) is 0 Å². The smallest absolute Gasteiger partial charge is 0.304 e. The summed E-state index contributed by atoms with van der Waals surface area (Å²) in [7, 11) is -2.40. The second-order valence-electron chi connectivity index (χ2n) is 4.09. The Balaban J connectivity index is 2.62. The van der Waals surface area contributed by atoms with Gasteiger partial charge < -0.3 is 9.63 Å². The molecular weight excluding hydrogens is 274 g/mol. The zero-order chi connectivity index (χ0) is 14.6. The summed E-state index contributed by atoms with van der Waals surface area (Å²) < 4.78 is 31.9. The second kappa shape index (κ2) is 6.13. The monoisotopic (exact) mass is 291 g/mol. The third kappa shape index (κ3) is 4.30. The maximum absolute atomic E-state index is 11.8. The van der Waals surface area contributed by atoms with Gasteiger partial charge in [-0.15, -0.1) is 0 Å². The Labute approximate surface area is 111 Å². The summed E-state index contributed by atoms with van der Waals surface area (Å²) in [5.41, 5.74) is 1.29. The van der Waals surface area contributed by atoms with Crippen molar-refractivity contribution in [2.75, 3.05) is 13.6 Å². The van der Waals surface area contributed by atoms with Crippen LogP contribution in [0, 0.1) is 13.8 Å². The molecule has 0 aliphatic heterocycles. The highest BCUT2D eigenvalue weighted by Crippen LogP contribution is 2.12. The first kappa shape index (κ1) is 15.6. The molecule has 0 saturated carbocycles. The fourth-order valence-corrected chi connectivity index (χ4v) is 2.28. The minimum atomic E-state index is -3.71. The molecule has 0 fully saturated rings. The number of nitrogens with zero attached hydrogens (tertiary/aromatic N) is 2. The molecule has 2 N–H and O–H groups in total. The number of aromatic nitrogens is 1. The van der Waals surface area contributed by atoms with Gasteiger partial charge in [0.2, 0.25) is 0 Å². The van der Waals surface area contributed by atoms with E-state index < -0.39 is 16.2 Å². The van der Waals surface area contributed by atoms with Crippen molar-refractivity contribution in [2.45, 2.75) is 26.8 Å². The van der Waals surface area contributed by atoms with Crippen LogP contribution >= 0.6 is 0 Å². The van der Waals surface area contributed by atoms with E-state index in [1.54, 1.807) is 13.8 Å². The van der Waals surface area contributed by atoms with E-state index in [1.165, 1.54) is 7.05 Å². The fourth-order valence-electron chi connectivity index (χ4n) is 1.40. The first-order valence-corrected chi connectivity index (χ1v) is 7.02. The van der Waals surface area contributed by atoms with Gasteiger partial charge in [0, 0.05) is 25.7 Å². The Morgan fingerprint density at radius 3 is 2.58 bits per heavy atom. The van der Waals surface area contributed by atoms with E-state index in [2.05, 4.69) is 9.88 Å². The lowest BCUT2D eigenvalue weighted by molar-refractivity contribution is -0.137. The predicted octanol–water partition coefficient (Wildman–Crippen LogP) is 0.0323. The van der Waals surface area contributed by atoms with Crippen molar-refractivity contribution in [2.24, 2.45) is 0 Å². The maximum atomic E-state index is 11.8. The Morgan fingerprint density at radius 1 is 1.47 bits per heavy atom. The molecule has 0 saturated heterocycles. The van der Waals surface area contributed by atoms with Crippen LogP contribution in [0.1, 0.15) is 23.4 Å². The number of aliphatic carboxylic acids is 1.